The summed E-state index contributed by atoms with van der Waals surface area (Å²) in [6.07, 6.45) is 3.31. The zero-order valence-electron chi connectivity index (χ0n) is 21.1. The van der Waals surface area contributed by atoms with E-state index in [0.29, 0.717) is 12.1 Å². The van der Waals surface area contributed by atoms with Gasteiger partial charge in [0.25, 0.3) is 0 Å². The molecular weight excluding hydrogens is 466 g/mol. The van der Waals surface area contributed by atoms with Crippen molar-refractivity contribution in [1.29, 1.82) is 0 Å². The average molecular weight is 498 g/mol. The fraction of sp³-hybridized carbons (Fsp3) is 0.333. The molecule has 0 saturated carbocycles. The van der Waals surface area contributed by atoms with E-state index in [-0.39, 0.29) is 41.6 Å². The summed E-state index contributed by atoms with van der Waals surface area (Å²) in [7, 11) is 4.40. The van der Waals surface area contributed by atoms with E-state index in [1.54, 1.807) is 50.4 Å². The highest BCUT2D eigenvalue weighted by atomic mass is 16.5. The van der Waals surface area contributed by atoms with Crippen molar-refractivity contribution in [2.75, 3.05) is 34.5 Å². The average Bonchev–Trinajstić information content (AvgIpc) is 2.89. The molecule has 0 saturated heterocycles. The van der Waals surface area contributed by atoms with E-state index < -0.39 is 17.9 Å². The zero-order valence-corrected chi connectivity index (χ0v) is 21.1. The van der Waals surface area contributed by atoms with Crippen LogP contribution in [-0.4, -0.2) is 56.5 Å². The molecule has 1 aliphatic rings. The Labute approximate surface area is 210 Å². The summed E-state index contributed by atoms with van der Waals surface area (Å²) in [6, 6.07) is 10.6. The molecule has 9 heteroatoms. The Kier molecular flexibility index (Phi) is 8.83. The highest BCUT2D eigenvalue weighted by Crippen LogP contribution is 2.44. The van der Waals surface area contributed by atoms with E-state index in [1.807, 2.05) is 24.3 Å². The van der Waals surface area contributed by atoms with Gasteiger partial charge in [-0.3, -0.25) is 0 Å². The van der Waals surface area contributed by atoms with Gasteiger partial charge in [0.1, 0.15) is 5.75 Å². The summed E-state index contributed by atoms with van der Waals surface area (Å²) in [6.45, 7) is 4.11. The predicted octanol–water partition coefficient (Wildman–Crippen LogP) is 3.91. The van der Waals surface area contributed by atoms with Crippen LogP contribution in [0.1, 0.15) is 30.9 Å². The van der Waals surface area contributed by atoms with Crippen LogP contribution >= 0.6 is 0 Å². The highest BCUT2D eigenvalue weighted by molar-refractivity contribution is 5.98. The summed E-state index contributed by atoms with van der Waals surface area (Å²) in [5, 5.41) is 10.4. The van der Waals surface area contributed by atoms with Gasteiger partial charge in [-0.1, -0.05) is 12.1 Å². The molecule has 0 atom stereocenters. The van der Waals surface area contributed by atoms with Gasteiger partial charge >= 0.3 is 11.9 Å². The number of ether oxygens (including phenoxy) is 5. The molecule has 192 valence electrons. The van der Waals surface area contributed by atoms with E-state index in [4.69, 9.17) is 23.7 Å². The molecule has 0 radical (unpaired) electrons. The Morgan fingerprint density at radius 2 is 1.33 bits per heavy atom. The van der Waals surface area contributed by atoms with E-state index in [1.165, 1.54) is 14.2 Å². The van der Waals surface area contributed by atoms with Gasteiger partial charge in [-0.05, 0) is 49.2 Å². The second-order valence-electron chi connectivity index (χ2n) is 7.84. The van der Waals surface area contributed by atoms with Crippen LogP contribution in [0.3, 0.4) is 0 Å². The first kappa shape index (κ1) is 26.5. The maximum absolute atomic E-state index is 13.1. The number of esters is 2. The standard InChI is InChI=1S/C27H31NO8/c1-6-35-26(30)20-15-28(14-17-8-10-19(32-3)11-9-17)16-21(27(31)36-7-2)24(20)18-12-22(33-4)25(29)23(13-18)34-5/h8-13,15-16,24,29H,6-7,14H2,1-5H3. The summed E-state index contributed by atoms with van der Waals surface area (Å²) in [4.78, 5) is 28.0. The van der Waals surface area contributed by atoms with E-state index in [9.17, 15) is 14.7 Å². The van der Waals surface area contributed by atoms with Crippen molar-refractivity contribution in [2.24, 2.45) is 0 Å². The van der Waals surface area contributed by atoms with Crippen LogP contribution in [0.25, 0.3) is 0 Å². The quantitative estimate of drug-likeness (QED) is 0.489. The topological polar surface area (TPSA) is 104 Å². The van der Waals surface area contributed by atoms with Gasteiger partial charge in [0, 0.05) is 18.9 Å². The molecule has 2 aromatic carbocycles. The van der Waals surface area contributed by atoms with Crippen molar-refractivity contribution in [1.82, 2.24) is 4.90 Å². The number of phenolic OH excluding ortho intramolecular Hbond substituents is 1. The minimum Gasteiger partial charge on any atom is -0.502 e. The number of hydrogen-bond acceptors (Lipinski definition) is 9. The molecule has 9 nitrogen and oxygen atoms in total. The van der Waals surface area contributed by atoms with Crippen LogP contribution in [0.4, 0.5) is 0 Å². The molecule has 0 fully saturated rings. The van der Waals surface area contributed by atoms with Crippen molar-refractivity contribution in [2.45, 2.75) is 26.3 Å². The SMILES string of the molecule is CCOC(=O)C1=CN(Cc2ccc(OC)cc2)C=C(C(=O)OCC)C1c1cc(OC)c(O)c(OC)c1. The third-order valence-electron chi connectivity index (χ3n) is 5.61. The second kappa shape index (κ2) is 12.0. The van der Waals surface area contributed by atoms with Gasteiger partial charge in [-0.2, -0.15) is 0 Å². The third kappa shape index (κ3) is 5.73. The Bertz CT molecular complexity index is 1090. The molecule has 0 aromatic heterocycles. The first-order valence-corrected chi connectivity index (χ1v) is 11.5. The van der Waals surface area contributed by atoms with Crippen molar-refractivity contribution < 1.29 is 38.4 Å². The van der Waals surface area contributed by atoms with Gasteiger partial charge in [-0.25, -0.2) is 9.59 Å². The number of rotatable bonds is 10. The largest absolute Gasteiger partial charge is 0.502 e. The van der Waals surface area contributed by atoms with Gasteiger partial charge in [0.2, 0.25) is 5.75 Å². The lowest BCUT2D eigenvalue weighted by Gasteiger charge is -2.31. The van der Waals surface area contributed by atoms with Crippen LogP contribution in [0, 0.1) is 0 Å². The van der Waals surface area contributed by atoms with Crippen molar-refractivity contribution in [3.05, 3.63) is 71.1 Å². The molecule has 0 unspecified atom stereocenters. The lowest BCUT2D eigenvalue weighted by atomic mass is 9.83. The number of aromatic hydroxyl groups is 1. The second-order valence-corrected chi connectivity index (χ2v) is 7.84. The Morgan fingerprint density at radius 3 is 1.75 bits per heavy atom. The van der Waals surface area contributed by atoms with Crippen LogP contribution in [0.15, 0.2) is 59.9 Å². The monoisotopic (exact) mass is 497 g/mol. The van der Waals surface area contributed by atoms with Crippen LogP contribution in [-0.2, 0) is 25.6 Å². The normalized spacial score (nSPS) is 13.4. The molecule has 2 aromatic rings. The van der Waals surface area contributed by atoms with Crippen molar-refractivity contribution in [3.8, 4) is 23.0 Å². The highest BCUT2D eigenvalue weighted by Gasteiger charge is 2.36. The minimum absolute atomic E-state index is 0.136. The molecule has 1 heterocycles. The van der Waals surface area contributed by atoms with Gasteiger partial charge < -0.3 is 33.7 Å². The van der Waals surface area contributed by atoms with Gasteiger partial charge in [0.15, 0.2) is 11.5 Å². The molecule has 1 N–H and O–H groups in total. The summed E-state index contributed by atoms with van der Waals surface area (Å²) < 4.78 is 26.5. The number of carbonyl (C=O) groups excluding carboxylic acids is 2. The Hall–Kier alpha value is -4.14. The number of phenols is 1. The molecule has 36 heavy (non-hydrogen) atoms. The molecule has 0 bridgehead atoms. The number of nitrogens with zero attached hydrogens (tertiary/aromatic N) is 1. The fourth-order valence-electron chi connectivity index (χ4n) is 3.95. The predicted molar refractivity (Wildman–Crippen MR) is 132 cm³/mol. The van der Waals surface area contributed by atoms with Crippen molar-refractivity contribution in [3.63, 3.8) is 0 Å². The van der Waals surface area contributed by atoms with E-state index >= 15 is 0 Å². The fourth-order valence-corrected chi connectivity index (χ4v) is 3.95. The summed E-state index contributed by atoms with van der Waals surface area (Å²) in [5.74, 6) is -1.21. The summed E-state index contributed by atoms with van der Waals surface area (Å²) in [5.41, 5.74) is 1.88. The minimum atomic E-state index is -0.849. The van der Waals surface area contributed by atoms with Gasteiger partial charge in [-0.15, -0.1) is 0 Å². The molecule has 0 amide bonds. The van der Waals surface area contributed by atoms with E-state index in [2.05, 4.69) is 0 Å². The maximum atomic E-state index is 13.1. The first-order chi connectivity index (χ1) is 17.4. The first-order valence-electron chi connectivity index (χ1n) is 11.5. The third-order valence-corrected chi connectivity index (χ3v) is 5.61. The lowest BCUT2D eigenvalue weighted by Crippen LogP contribution is -2.29. The zero-order chi connectivity index (χ0) is 26.2. The maximum Gasteiger partial charge on any atom is 0.336 e. The molecular formula is C27H31NO8. The van der Waals surface area contributed by atoms with Crippen LogP contribution in [0.5, 0.6) is 23.0 Å². The number of methoxy groups -OCH3 is 3. The van der Waals surface area contributed by atoms with E-state index in [0.717, 1.165) is 11.3 Å². The molecule has 1 aliphatic heterocycles. The Morgan fingerprint density at radius 1 is 0.833 bits per heavy atom. The molecule has 3 rings (SSSR count). The smallest absolute Gasteiger partial charge is 0.336 e. The number of carbonyl (C=O) groups is 2. The van der Waals surface area contributed by atoms with Crippen LogP contribution < -0.4 is 14.2 Å². The molecule has 0 aliphatic carbocycles. The molecule has 0 spiro atoms. The van der Waals surface area contributed by atoms with Crippen molar-refractivity contribution >= 4 is 11.9 Å². The van der Waals surface area contributed by atoms with Gasteiger partial charge in [0.05, 0.1) is 51.6 Å². The summed E-state index contributed by atoms with van der Waals surface area (Å²) >= 11 is 0. The number of benzene rings is 2. The van der Waals surface area contributed by atoms with Crippen LogP contribution in [0.2, 0.25) is 0 Å². The number of hydrogen-bond donors (Lipinski definition) is 1. The Balaban J connectivity index is 2.15. The lowest BCUT2D eigenvalue weighted by molar-refractivity contribution is -0.139.